The standard InChI is InChI=1S/C15H21ClS/c1-9-8-10(2)12(4)15(11(9)3)17-14-7-5-6-13(14)16/h8,13-14H,5-7H2,1-4H3/t13-,14+/m1/s1. The van der Waals surface area contributed by atoms with Gasteiger partial charge in [0.2, 0.25) is 0 Å². The lowest BCUT2D eigenvalue weighted by molar-refractivity contribution is 0.888. The van der Waals surface area contributed by atoms with Gasteiger partial charge in [-0.2, -0.15) is 0 Å². The van der Waals surface area contributed by atoms with Gasteiger partial charge in [0, 0.05) is 15.5 Å². The van der Waals surface area contributed by atoms with E-state index >= 15 is 0 Å². The van der Waals surface area contributed by atoms with Crippen LogP contribution in [-0.2, 0) is 0 Å². The topological polar surface area (TPSA) is 0 Å². The summed E-state index contributed by atoms with van der Waals surface area (Å²) in [7, 11) is 0. The SMILES string of the molecule is Cc1cc(C)c(C)c(S[C@H]2CCC[C@H]2Cl)c1C. The normalized spacial score (nSPS) is 24.3. The van der Waals surface area contributed by atoms with Gasteiger partial charge in [-0.1, -0.05) is 12.5 Å². The van der Waals surface area contributed by atoms with Crippen molar-refractivity contribution in [3.63, 3.8) is 0 Å². The molecule has 0 saturated heterocycles. The number of aryl methyl sites for hydroxylation is 2. The van der Waals surface area contributed by atoms with Gasteiger partial charge < -0.3 is 0 Å². The first-order chi connectivity index (χ1) is 8.00. The average molecular weight is 269 g/mol. The zero-order valence-electron chi connectivity index (χ0n) is 11.1. The first kappa shape index (κ1) is 13.3. The van der Waals surface area contributed by atoms with Crippen molar-refractivity contribution in [2.24, 2.45) is 0 Å². The molecule has 0 aromatic heterocycles. The minimum Gasteiger partial charge on any atom is -0.122 e. The fourth-order valence-electron chi connectivity index (χ4n) is 2.52. The molecule has 0 unspecified atom stereocenters. The molecule has 0 spiro atoms. The summed E-state index contributed by atoms with van der Waals surface area (Å²) < 4.78 is 0. The van der Waals surface area contributed by atoms with Crippen LogP contribution in [0.4, 0.5) is 0 Å². The number of halogens is 1. The summed E-state index contributed by atoms with van der Waals surface area (Å²) in [4.78, 5) is 1.47. The van der Waals surface area contributed by atoms with Crippen molar-refractivity contribution < 1.29 is 0 Å². The van der Waals surface area contributed by atoms with Crippen LogP contribution in [0.2, 0.25) is 0 Å². The molecule has 17 heavy (non-hydrogen) atoms. The van der Waals surface area contributed by atoms with Crippen molar-refractivity contribution in [1.82, 2.24) is 0 Å². The zero-order valence-corrected chi connectivity index (χ0v) is 12.7. The van der Waals surface area contributed by atoms with Crippen LogP contribution in [0.3, 0.4) is 0 Å². The third kappa shape index (κ3) is 2.66. The summed E-state index contributed by atoms with van der Waals surface area (Å²) in [5, 5.41) is 0.967. The maximum Gasteiger partial charge on any atom is 0.0458 e. The number of alkyl halides is 1. The summed E-state index contributed by atoms with van der Waals surface area (Å²) in [5.41, 5.74) is 5.68. The Balaban J connectivity index is 2.31. The third-order valence-electron chi connectivity index (χ3n) is 3.94. The number of thioether (sulfide) groups is 1. The lowest BCUT2D eigenvalue weighted by atomic mass is 10.0. The second kappa shape index (κ2) is 5.24. The van der Waals surface area contributed by atoms with Gasteiger partial charge >= 0.3 is 0 Å². The van der Waals surface area contributed by atoms with E-state index in [1.165, 1.54) is 46.4 Å². The molecule has 94 valence electrons. The fraction of sp³-hybridized carbons (Fsp3) is 0.600. The first-order valence-electron chi connectivity index (χ1n) is 6.39. The van der Waals surface area contributed by atoms with E-state index in [0.717, 1.165) is 0 Å². The van der Waals surface area contributed by atoms with Gasteiger partial charge in [-0.25, -0.2) is 0 Å². The number of benzene rings is 1. The molecule has 0 bridgehead atoms. The van der Waals surface area contributed by atoms with Crippen molar-refractivity contribution in [3.05, 3.63) is 28.3 Å². The van der Waals surface area contributed by atoms with E-state index < -0.39 is 0 Å². The van der Waals surface area contributed by atoms with E-state index in [2.05, 4.69) is 33.8 Å². The van der Waals surface area contributed by atoms with Crippen LogP contribution in [0.25, 0.3) is 0 Å². The summed E-state index contributed by atoms with van der Waals surface area (Å²) >= 11 is 8.40. The van der Waals surface area contributed by atoms with Gasteiger partial charge in [0.05, 0.1) is 0 Å². The number of rotatable bonds is 2. The lowest BCUT2D eigenvalue weighted by Crippen LogP contribution is -2.10. The summed E-state index contributed by atoms with van der Waals surface area (Å²) in [6, 6.07) is 2.29. The number of hydrogen-bond acceptors (Lipinski definition) is 1. The minimum atomic E-state index is 0.361. The van der Waals surface area contributed by atoms with Gasteiger partial charge in [-0.3, -0.25) is 0 Å². The van der Waals surface area contributed by atoms with Crippen molar-refractivity contribution in [3.8, 4) is 0 Å². The second-order valence-corrected chi connectivity index (χ2v) is 7.00. The molecule has 0 radical (unpaired) electrons. The monoisotopic (exact) mass is 268 g/mol. The van der Waals surface area contributed by atoms with Gasteiger partial charge in [-0.05, 0) is 62.8 Å². The molecule has 1 aromatic rings. The van der Waals surface area contributed by atoms with Crippen LogP contribution in [-0.4, -0.2) is 10.6 Å². The predicted octanol–water partition coefficient (Wildman–Crippen LogP) is 5.17. The molecule has 1 fully saturated rings. The molecule has 2 atom stereocenters. The Bertz CT molecular complexity index is 399. The maximum atomic E-state index is 6.39. The van der Waals surface area contributed by atoms with E-state index in [1.807, 2.05) is 11.8 Å². The molecule has 2 heteroatoms. The van der Waals surface area contributed by atoms with Crippen molar-refractivity contribution >= 4 is 23.4 Å². The molecular weight excluding hydrogens is 248 g/mol. The molecule has 0 amide bonds. The second-order valence-electron chi connectivity index (χ2n) is 5.19. The highest BCUT2D eigenvalue weighted by Gasteiger charge is 2.27. The molecule has 0 heterocycles. The fourth-order valence-corrected chi connectivity index (χ4v) is 4.50. The Hall–Kier alpha value is -0.140. The molecule has 1 saturated carbocycles. The minimum absolute atomic E-state index is 0.361. The lowest BCUT2D eigenvalue weighted by Gasteiger charge is -2.19. The highest BCUT2D eigenvalue weighted by molar-refractivity contribution is 8.00. The molecular formula is C15H21ClS. The van der Waals surface area contributed by atoms with E-state index in [4.69, 9.17) is 11.6 Å². The molecule has 0 aliphatic heterocycles. The van der Waals surface area contributed by atoms with Crippen molar-refractivity contribution in [2.75, 3.05) is 0 Å². The Kier molecular flexibility index (Phi) is 4.10. The Morgan fingerprint density at radius 1 is 1.06 bits per heavy atom. The zero-order chi connectivity index (χ0) is 12.6. The average Bonchev–Trinajstić information content (AvgIpc) is 2.68. The molecule has 1 aromatic carbocycles. The molecule has 0 N–H and O–H groups in total. The molecule has 2 rings (SSSR count). The van der Waals surface area contributed by atoms with Crippen LogP contribution in [0.5, 0.6) is 0 Å². The van der Waals surface area contributed by atoms with E-state index in [1.54, 1.807) is 0 Å². The summed E-state index contributed by atoms with van der Waals surface area (Å²) in [5.74, 6) is 0. The van der Waals surface area contributed by atoms with E-state index in [9.17, 15) is 0 Å². The van der Waals surface area contributed by atoms with Crippen molar-refractivity contribution in [2.45, 2.75) is 62.5 Å². The van der Waals surface area contributed by atoms with E-state index in [-0.39, 0.29) is 0 Å². The van der Waals surface area contributed by atoms with Crippen LogP contribution in [0, 0.1) is 27.7 Å². The van der Waals surface area contributed by atoms with Crippen LogP contribution in [0.15, 0.2) is 11.0 Å². The Labute approximate surface area is 114 Å². The maximum absolute atomic E-state index is 6.39. The van der Waals surface area contributed by atoms with Crippen LogP contribution in [0.1, 0.15) is 41.5 Å². The summed E-state index contributed by atoms with van der Waals surface area (Å²) in [6.07, 6.45) is 3.74. The van der Waals surface area contributed by atoms with Crippen LogP contribution >= 0.6 is 23.4 Å². The predicted molar refractivity (Wildman–Crippen MR) is 78.5 cm³/mol. The molecule has 1 aliphatic carbocycles. The summed E-state index contributed by atoms with van der Waals surface area (Å²) in [6.45, 7) is 8.89. The van der Waals surface area contributed by atoms with Crippen LogP contribution < -0.4 is 0 Å². The Morgan fingerprint density at radius 3 is 2.12 bits per heavy atom. The first-order valence-corrected chi connectivity index (χ1v) is 7.70. The van der Waals surface area contributed by atoms with Gasteiger partial charge in [0.15, 0.2) is 0 Å². The smallest absolute Gasteiger partial charge is 0.0458 e. The van der Waals surface area contributed by atoms with Gasteiger partial charge in [-0.15, -0.1) is 23.4 Å². The number of hydrogen-bond donors (Lipinski definition) is 0. The highest BCUT2D eigenvalue weighted by Crippen LogP contribution is 2.41. The van der Waals surface area contributed by atoms with Gasteiger partial charge in [0.1, 0.15) is 0 Å². The highest BCUT2D eigenvalue weighted by atomic mass is 35.5. The molecule has 1 aliphatic rings. The largest absolute Gasteiger partial charge is 0.122 e. The van der Waals surface area contributed by atoms with Gasteiger partial charge in [0.25, 0.3) is 0 Å². The quantitative estimate of drug-likeness (QED) is 0.667. The van der Waals surface area contributed by atoms with Crippen molar-refractivity contribution in [1.29, 1.82) is 0 Å². The Morgan fingerprint density at radius 2 is 1.65 bits per heavy atom. The third-order valence-corrected chi connectivity index (χ3v) is 6.33. The van der Waals surface area contributed by atoms with E-state index in [0.29, 0.717) is 10.6 Å². The molecule has 0 nitrogen and oxygen atoms in total.